The quantitative estimate of drug-likeness (QED) is 0.900. The molecule has 24 heavy (non-hydrogen) atoms. The Kier molecular flexibility index (Phi) is 2.98. The van der Waals surface area contributed by atoms with Gasteiger partial charge in [0.1, 0.15) is 17.5 Å². The van der Waals surface area contributed by atoms with Crippen molar-refractivity contribution in [1.29, 1.82) is 0 Å². The minimum absolute atomic E-state index is 0.0835. The van der Waals surface area contributed by atoms with Crippen LogP contribution in [-0.2, 0) is 4.79 Å². The van der Waals surface area contributed by atoms with E-state index in [1.807, 2.05) is 18.2 Å². The zero-order valence-electron chi connectivity index (χ0n) is 14.0. The van der Waals surface area contributed by atoms with Crippen LogP contribution in [0.2, 0.25) is 0 Å². The highest BCUT2D eigenvalue weighted by molar-refractivity contribution is 6.02. The first-order valence-electron chi connectivity index (χ1n) is 8.12. The molecule has 0 spiro atoms. The molecular weight excluding hydrogens is 306 g/mol. The van der Waals surface area contributed by atoms with Crippen LogP contribution in [0.3, 0.4) is 0 Å². The van der Waals surface area contributed by atoms with Gasteiger partial charge in [-0.15, -0.1) is 0 Å². The molecule has 1 saturated heterocycles. The summed E-state index contributed by atoms with van der Waals surface area (Å²) in [5, 5.41) is 0.851. The van der Waals surface area contributed by atoms with E-state index in [4.69, 9.17) is 10.5 Å². The fourth-order valence-corrected chi connectivity index (χ4v) is 4.40. The number of hydrogen-bond acceptors (Lipinski definition) is 3. The maximum atomic E-state index is 13.0. The number of carbonyl (C=O) groups excluding carboxylic acids is 2. The van der Waals surface area contributed by atoms with Crippen molar-refractivity contribution in [3.8, 4) is 5.75 Å². The van der Waals surface area contributed by atoms with Gasteiger partial charge in [0.2, 0.25) is 5.91 Å². The number of nitrogens with one attached hydrogen (secondary N) is 1. The molecule has 126 valence electrons. The number of primary amides is 1. The van der Waals surface area contributed by atoms with E-state index in [-0.39, 0.29) is 17.2 Å². The van der Waals surface area contributed by atoms with E-state index >= 15 is 0 Å². The number of amides is 2. The molecule has 3 atom stereocenters. The molecule has 1 saturated carbocycles. The van der Waals surface area contributed by atoms with Crippen LogP contribution in [0.4, 0.5) is 0 Å². The number of nitrogens with two attached hydrogens (primary N) is 1. The van der Waals surface area contributed by atoms with Gasteiger partial charge >= 0.3 is 0 Å². The Morgan fingerprint density at radius 3 is 2.79 bits per heavy atom. The summed E-state index contributed by atoms with van der Waals surface area (Å²) in [7, 11) is 1.60. The van der Waals surface area contributed by atoms with Crippen LogP contribution in [-0.4, -0.2) is 41.4 Å². The van der Waals surface area contributed by atoms with Crippen molar-refractivity contribution in [2.75, 3.05) is 13.7 Å². The zero-order valence-corrected chi connectivity index (χ0v) is 14.0. The summed E-state index contributed by atoms with van der Waals surface area (Å²) >= 11 is 0. The molecule has 4 rings (SSSR count). The smallest absolute Gasteiger partial charge is 0.271 e. The van der Waals surface area contributed by atoms with Crippen molar-refractivity contribution in [2.45, 2.75) is 19.9 Å². The summed E-state index contributed by atoms with van der Waals surface area (Å²) in [4.78, 5) is 29.7. The van der Waals surface area contributed by atoms with Crippen LogP contribution in [0, 0.1) is 17.3 Å². The van der Waals surface area contributed by atoms with Gasteiger partial charge in [0.15, 0.2) is 0 Å². The van der Waals surface area contributed by atoms with E-state index in [0.717, 1.165) is 10.9 Å². The molecule has 0 bridgehead atoms. The minimum Gasteiger partial charge on any atom is -0.496 e. The summed E-state index contributed by atoms with van der Waals surface area (Å²) in [6.07, 6.45) is 0. The van der Waals surface area contributed by atoms with Crippen molar-refractivity contribution in [3.63, 3.8) is 0 Å². The molecule has 2 aliphatic rings. The molecule has 2 heterocycles. The average molecular weight is 327 g/mol. The number of carbonyl (C=O) groups is 2. The number of rotatable bonds is 3. The topological polar surface area (TPSA) is 88.4 Å². The number of piperidine rings is 1. The summed E-state index contributed by atoms with van der Waals surface area (Å²) < 4.78 is 5.34. The van der Waals surface area contributed by atoms with Gasteiger partial charge in [0.25, 0.3) is 5.91 Å². The van der Waals surface area contributed by atoms with Crippen LogP contribution >= 0.6 is 0 Å². The molecule has 1 aromatic heterocycles. The Hall–Kier alpha value is -2.50. The third-order valence-electron chi connectivity index (χ3n) is 5.84. The highest BCUT2D eigenvalue weighted by Crippen LogP contribution is 2.64. The van der Waals surface area contributed by atoms with Crippen molar-refractivity contribution < 1.29 is 14.3 Å². The SMILES string of the molecule is COc1cccc2[nH]c(C(=O)N3CC4C(C3C(N)=O)C4(C)C)cc12. The number of H-pyrrole nitrogens is 1. The van der Waals surface area contributed by atoms with Crippen LogP contribution in [0.1, 0.15) is 24.3 Å². The lowest BCUT2D eigenvalue weighted by Crippen LogP contribution is -2.48. The maximum absolute atomic E-state index is 13.0. The van der Waals surface area contributed by atoms with Crippen molar-refractivity contribution >= 4 is 22.7 Å². The summed E-state index contributed by atoms with van der Waals surface area (Å²) in [5.74, 6) is 0.616. The predicted molar refractivity (Wildman–Crippen MR) is 89.6 cm³/mol. The lowest BCUT2D eigenvalue weighted by molar-refractivity contribution is -0.122. The second-order valence-corrected chi connectivity index (χ2v) is 7.36. The molecule has 1 aliphatic heterocycles. The third-order valence-corrected chi connectivity index (χ3v) is 5.84. The molecule has 0 radical (unpaired) electrons. The maximum Gasteiger partial charge on any atom is 0.271 e. The van der Waals surface area contributed by atoms with E-state index in [9.17, 15) is 9.59 Å². The van der Waals surface area contributed by atoms with E-state index in [1.165, 1.54) is 0 Å². The van der Waals surface area contributed by atoms with E-state index in [2.05, 4.69) is 18.8 Å². The van der Waals surface area contributed by atoms with Crippen LogP contribution in [0.5, 0.6) is 5.75 Å². The van der Waals surface area contributed by atoms with Crippen molar-refractivity contribution in [3.05, 3.63) is 30.0 Å². The molecule has 2 aromatic rings. The number of nitrogens with zero attached hydrogens (tertiary/aromatic N) is 1. The van der Waals surface area contributed by atoms with Crippen molar-refractivity contribution in [2.24, 2.45) is 23.0 Å². The van der Waals surface area contributed by atoms with Crippen LogP contribution < -0.4 is 10.5 Å². The average Bonchev–Trinajstić information content (AvgIpc) is 2.97. The van der Waals surface area contributed by atoms with Gasteiger partial charge < -0.3 is 20.4 Å². The van der Waals surface area contributed by atoms with E-state index in [1.54, 1.807) is 18.1 Å². The second kappa shape index (κ2) is 4.75. The number of hydrogen-bond donors (Lipinski definition) is 2. The summed E-state index contributed by atoms with van der Waals surface area (Å²) in [6.45, 7) is 4.85. The van der Waals surface area contributed by atoms with Gasteiger partial charge in [0, 0.05) is 17.4 Å². The predicted octanol–water partition coefficient (Wildman–Crippen LogP) is 1.76. The van der Waals surface area contributed by atoms with Gasteiger partial charge in [-0.05, 0) is 35.4 Å². The first kappa shape index (κ1) is 15.1. The normalized spacial score (nSPS) is 27.1. The number of fused-ring (bicyclic) bond motifs is 2. The summed E-state index contributed by atoms with van der Waals surface area (Å²) in [5.41, 5.74) is 6.97. The fraction of sp³-hybridized carbons (Fsp3) is 0.444. The Bertz CT molecular complexity index is 854. The molecule has 1 aromatic carbocycles. The standard InChI is InChI=1S/C18H21N3O3/c1-18(2)10-8-21(15(14(10)18)16(19)22)17(23)12-7-9-11(20-12)5-4-6-13(9)24-3/h4-7,10,14-15,20H,8H2,1-3H3,(H2,19,22). The van der Waals surface area contributed by atoms with Gasteiger partial charge in [-0.2, -0.15) is 0 Å². The highest BCUT2D eigenvalue weighted by atomic mass is 16.5. The summed E-state index contributed by atoms with van der Waals surface area (Å²) in [6, 6.07) is 6.87. The first-order chi connectivity index (χ1) is 11.4. The van der Waals surface area contributed by atoms with Crippen LogP contribution in [0.15, 0.2) is 24.3 Å². The van der Waals surface area contributed by atoms with Crippen LogP contribution in [0.25, 0.3) is 10.9 Å². The number of methoxy groups -OCH3 is 1. The molecule has 6 heteroatoms. The number of likely N-dealkylation sites (tertiary alicyclic amines) is 1. The number of aromatic nitrogens is 1. The van der Waals surface area contributed by atoms with E-state index in [0.29, 0.717) is 23.9 Å². The number of ether oxygens (including phenoxy) is 1. The number of benzene rings is 1. The number of aromatic amines is 1. The molecule has 3 N–H and O–H groups in total. The Labute approximate surface area is 139 Å². The molecule has 6 nitrogen and oxygen atoms in total. The molecule has 2 amide bonds. The monoisotopic (exact) mass is 327 g/mol. The lowest BCUT2D eigenvalue weighted by Gasteiger charge is -2.28. The van der Waals surface area contributed by atoms with Gasteiger partial charge in [-0.3, -0.25) is 9.59 Å². The molecule has 2 fully saturated rings. The fourth-order valence-electron chi connectivity index (χ4n) is 4.40. The third kappa shape index (κ3) is 1.89. The first-order valence-corrected chi connectivity index (χ1v) is 8.12. The molecule has 1 aliphatic carbocycles. The lowest BCUT2D eigenvalue weighted by atomic mass is 10.0. The molecule has 3 unspecified atom stereocenters. The van der Waals surface area contributed by atoms with Gasteiger partial charge in [0.05, 0.1) is 7.11 Å². The van der Waals surface area contributed by atoms with Gasteiger partial charge in [-0.1, -0.05) is 19.9 Å². The second-order valence-electron chi connectivity index (χ2n) is 7.36. The Balaban J connectivity index is 1.68. The highest BCUT2D eigenvalue weighted by Gasteiger charge is 2.69. The molecular formula is C18H21N3O3. The van der Waals surface area contributed by atoms with Gasteiger partial charge in [-0.25, -0.2) is 0 Å². The van der Waals surface area contributed by atoms with Crippen molar-refractivity contribution in [1.82, 2.24) is 9.88 Å². The largest absolute Gasteiger partial charge is 0.496 e. The Morgan fingerprint density at radius 1 is 1.38 bits per heavy atom. The zero-order chi connectivity index (χ0) is 17.2. The minimum atomic E-state index is -0.522. The van der Waals surface area contributed by atoms with E-state index < -0.39 is 11.9 Å². The Morgan fingerprint density at radius 2 is 2.12 bits per heavy atom.